The average molecular weight is 307 g/mol. The number of nitrogens with zero attached hydrogens (tertiary/aromatic N) is 1. The first-order valence-electron chi connectivity index (χ1n) is 5.37. The van der Waals surface area contributed by atoms with E-state index in [-0.39, 0.29) is 14.9 Å². The van der Waals surface area contributed by atoms with Gasteiger partial charge in [0.15, 0.2) is 0 Å². The molecule has 7 heteroatoms. The Morgan fingerprint density at radius 2 is 2.06 bits per heavy atom. The molecule has 0 aromatic heterocycles. The minimum Gasteiger partial charge on any atom is -0.305 e. The van der Waals surface area contributed by atoms with Crippen molar-refractivity contribution in [3.8, 4) is 0 Å². The van der Waals surface area contributed by atoms with Gasteiger partial charge < -0.3 is 5.43 Å². The van der Waals surface area contributed by atoms with Crippen LogP contribution in [-0.4, -0.2) is 19.4 Å². The van der Waals surface area contributed by atoms with Crippen molar-refractivity contribution in [3.63, 3.8) is 0 Å². The molecule has 1 aliphatic heterocycles. The van der Waals surface area contributed by atoms with Gasteiger partial charge in [-0.15, -0.1) is 4.41 Å². The standard InChI is InChI=1S/C11H12Cl2N2O2S/c1-3-9-7-5-6-8(12)10(13)11(7)18(16,17)15(4-2)14-9/h3,5-6,14H,4H2,1-2H3. The number of hydrogen-bond acceptors (Lipinski definition) is 3. The lowest BCUT2D eigenvalue weighted by Gasteiger charge is -2.31. The highest BCUT2D eigenvalue weighted by atomic mass is 35.5. The summed E-state index contributed by atoms with van der Waals surface area (Å²) in [5, 5.41) is 0.292. The van der Waals surface area contributed by atoms with Gasteiger partial charge in [0.2, 0.25) is 0 Å². The molecule has 1 aromatic carbocycles. The third-order valence-corrected chi connectivity index (χ3v) is 5.50. The van der Waals surface area contributed by atoms with Crippen LogP contribution in [0.1, 0.15) is 19.4 Å². The second-order valence-electron chi connectivity index (χ2n) is 3.72. The van der Waals surface area contributed by atoms with Crippen LogP contribution < -0.4 is 5.43 Å². The number of hydrogen-bond donors (Lipinski definition) is 1. The Hall–Kier alpha value is -0.750. The minimum atomic E-state index is -3.66. The summed E-state index contributed by atoms with van der Waals surface area (Å²) in [6.07, 6.45) is 1.79. The molecule has 0 spiro atoms. The molecule has 0 amide bonds. The van der Waals surface area contributed by atoms with E-state index < -0.39 is 10.0 Å². The lowest BCUT2D eigenvalue weighted by atomic mass is 10.1. The van der Waals surface area contributed by atoms with E-state index in [0.29, 0.717) is 17.8 Å². The predicted molar refractivity (Wildman–Crippen MR) is 72.8 cm³/mol. The highest BCUT2D eigenvalue weighted by Crippen LogP contribution is 2.38. The zero-order valence-electron chi connectivity index (χ0n) is 9.87. The Morgan fingerprint density at radius 3 is 2.61 bits per heavy atom. The van der Waals surface area contributed by atoms with E-state index in [1.165, 1.54) is 0 Å². The third kappa shape index (κ3) is 1.91. The fraction of sp³-hybridized carbons (Fsp3) is 0.273. The normalized spacial score (nSPS) is 20.6. The van der Waals surface area contributed by atoms with Gasteiger partial charge in [0.05, 0.1) is 15.7 Å². The molecule has 0 aliphatic carbocycles. The first kappa shape index (κ1) is 13.7. The van der Waals surface area contributed by atoms with Gasteiger partial charge in [0.1, 0.15) is 4.90 Å². The van der Waals surface area contributed by atoms with Crippen molar-refractivity contribution in [1.29, 1.82) is 0 Å². The molecule has 2 rings (SSSR count). The third-order valence-electron chi connectivity index (χ3n) is 2.71. The number of sulfonamides is 1. The predicted octanol–water partition coefficient (Wildman–Crippen LogP) is 2.88. The fourth-order valence-corrected chi connectivity index (χ4v) is 4.07. The summed E-state index contributed by atoms with van der Waals surface area (Å²) in [6, 6.07) is 3.24. The molecule has 0 radical (unpaired) electrons. The van der Waals surface area contributed by atoms with Crippen LogP contribution in [-0.2, 0) is 10.0 Å². The minimum absolute atomic E-state index is 0.0605. The molecule has 0 saturated heterocycles. The quantitative estimate of drug-likeness (QED) is 0.868. The monoisotopic (exact) mass is 306 g/mol. The summed E-state index contributed by atoms with van der Waals surface area (Å²) in [6.45, 7) is 3.85. The molecule has 1 aliphatic rings. The molecule has 1 aromatic rings. The zero-order valence-corrected chi connectivity index (χ0v) is 12.2. The topological polar surface area (TPSA) is 49.4 Å². The van der Waals surface area contributed by atoms with Crippen molar-refractivity contribution in [1.82, 2.24) is 9.84 Å². The Labute approximate surface area is 116 Å². The second-order valence-corrected chi connectivity index (χ2v) is 6.31. The number of hydrazine groups is 1. The van der Waals surface area contributed by atoms with Gasteiger partial charge in [0, 0.05) is 12.1 Å². The van der Waals surface area contributed by atoms with E-state index >= 15 is 0 Å². The fourth-order valence-electron chi connectivity index (χ4n) is 1.83. The number of fused-ring (bicyclic) bond motifs is 1. The van der Waals surface area contributed by atoms with Gasteiger partial charge in [0.25, 0.3) is 10.0 Å². The van der Waals surface area contributed by atoms with Crippen LogP contribution in [0.5, 0.6) is 0 Å². The van der Waals surface area contributed by atoms with E-state index in [1.54, 1.807) is 25.1 Å². The number of allylic oxidation sites excluding steroid dienone is 1. The molecule has 4 nitrogen and oxygen atoms in total. The van der Waals surface area contributed by atoms with Crippen LogP contribution in [0.15, 0.2) is 23.1 Å². The molecule has 0 fully saturated rings. The Balaban J connectivity index is 2.83. The van der Waals surface area contributed by atoms with Gasteiger partial charge in [-0.3, -0.25) is 0 Å². The van der Waals surface area contributed by atoms with Gasteiger partial charge in [-0.1, -0.05) is 29.3 Å². The second kappa shape index (κ2) is 4.74. The van der Waals surface area contributed by atoms with Crippen LogP contribution in [0, 0.1) is 0 Å². The molecule has 98 valence electrons. The van der Waals surface area contributed by atoms with Crippen LogP contribution in [0.3, 0.4) is 0 Å². The van der Waals surface area contributed by atoms with Crippen LogP contribution >= 0.6 is 23.2 Å². The molecule has 0 unspecified atom stereocenters. The van der Waals surface area contributed by atoms with Gasteiger partial charge >= 0.3 is 0 Å². The van der Waals surface area contributed by atoms with Crippen molar-refractivity contribution in [3.05, 3.63) is 33.8 Å². The molecule has 0 saturated carbocycles. The summed E-state index contributed by atoms with van der Waals surface area (Å²) in [5.41, 5.74) is 4.08. The van der Waals surface area contributed by atoms with Crippen molar-refractivity contribution in [2.24, 2.45) is 0 Å². The Kier molecular flexibility index (Phi) is 3.60. The van der Waals surface area contributed by atoms with Gasteiger partial charge in [-0.05, 0) is 26.0 Å². The Bertz CT molecular complexity index is 626. The van der Waals surface area contributed by atoms with Gasteiger partial charge in [-0.25, -0.2) is 8.42 Å². The molecule has 18 heavy (non-hydrogen) atoms. The summed E-state index contributed by atoms with van der Waals surface area (Å²) in [4.78, 5) is 0.0605. The van der Waals surface area contributed by atoms with E-state index in [2.05, 4.69) is 5.43 Å². The van der Waals surface area contributed by atoms with E-state index in [1.807, 2.05) is 6.92 Å². The number of halogens is 2. The highest BCUT2D eigenvalue weighted by Gasteiger charge is 2.35. The summed E-state index contributed by atoms with van der Waals surface area (Å²) < 4.78 is 25.9. The smallest absolute Gasteiger partial charge is 0.262 e. The lowest BCUT2D eigenvalue weighted by Crippen LogP contribution is -2.45. The van der Waals surface area contributed by atoms with Crippen molar-refractivity contribution >= 4 is 38.9 Å². The molecular weight excluding hydrogens is 295 g/mol. The number of rotatable bonds is 1. The van der Waals surface area contributed by atoms with Crippen LogP contribution in [0.25, 0.3) is 5.70 Å². The lowest BCUT2D eigenvalue weighted by molar-refractivity contribution is 0.378. The molecular formula is C11H12Cl2N2O2S. The average Bonchev–Trinajstić information content (AvgIpc) is 2.33. The highest BCUT2D eigenvalue weighted by molar-refractivity contribution is 7.89. The Morgan fingerprint density at radius 1 is 1.39 bits per heavy atom. The maximum absolute atomic E-state index is 12.4. The molecule has 1 heterocycles. The van der Waals surface area contributed by atoms with E-state index in [9.17, 15) is 8.42 Å². The van der Waals surface area contributed by atoms with E-state index in [4.69, 9.17) is 23.2 Å². The zero-order chi connectivity index (χ0) is 13.5. The maximum Gasteiger partial charge on any atom is 0.262 e. The summed E-state index contributed by atoms with van der Waals surface area (Å²) in [5.74, 6) is 0. The first-order valence-corrected chi connectivity index (χ1v) is 7.57. The van der Waals surface area contributed by atoms with Gasteiger partial charge in [-0.2, -0.15) is 0 Å². The maximum atomic E-state index is 12.4. The van der Waals surface area contributed by atoms with Crippen molar-refractivity contribution in [2.75, 3.05) is 6.54 Å². The number of nitrogens with one attached hydrogen (secondary N) is 1. The van der Waals surface area contributed by atoms with Crippen molar-refractivity contribution < 1.29 is 8.42 Å². The van der Waals surface area contributed by atoms with E-state index in [0.717, 1.165) is 4.41 Å². The molecule has 1 N–H and O–H groups in total. The summed E-state index contributed by atoms with van der Waals surface area (Å²) in [7, 11) is -3.66. The molecule has 0 atom stereocenters. The molecule has 0 bridgehead atoms. The first-order chi connectivity index (χ1) is 8.43. The largest absolute Gasteiger partial charge is 0.305 e. The van der Waals surface area contributed by atoms with Crippen molar-refractivity contribution in [2.45, 2.75) is 18.7 Å². The SMILES string of the molecule is CC=C1NN(CC)S(=O)(=O)c2c1ccc(Cl)c2Cl. The summed E-state index contributed by atoms with van der Waals surface area (Å²) >= 11 is 11.9. The van der Waals surface area contributed by atoms with Crippen LogP contribution in [0.2, 0.25) is 10.0 Å². The number of benzene rings is 1. The van der Waals surface area contributed by atoms with Crippen LogP contribution in [0.4, 0.5) is 0 Å².